The van der Waals surface area contributed by atoms with E-state index in [4.69, 9.17) is 5.73 Å². The van der Waals surface area contributed by atoms with Gasteiger partial charge in [-0.05, 0) is 25.8 Å². The summed E-state index contributed by atoms with van der Waals surface area (Å²) < 4.78 is 2.17. The fourth-order valence-corrected chi connectivity index (χ4v) is 6.66. The minimum absolute atomic E-state index is 0.338. The molecule has 0 aromatic carbocycles. The van der Waals surface area contributed by atoms with Crippen LogP contribution in [0.15, 0.2) is 6.07 Å². The molecular formula is C14H21N3OSSi. The highest BCUT2D eigenvalue weighted by molar-refractivity contribution is 7.18. The maximum Gasteiger partial charge on any atom is 0.265 e. The Balaban J connectivity index is 2.04. The van der Waals surface area contributed by atoms with Gasteiger partial charge in [0.15, 0.2) is 0 Å². The van der Waals surface area contributed by atoms with Crippen LogP contribution in [0, 0.1) is 6.92 Å². The Morgan fingerprint density at radius 1 is 1.45 bits per heavy atom. The Bertz CT molecular complexity index is 663. The minimum atomic E-state index is -0.993. The number of carbonyl (C=O) groups excluding carboxylic acids is 1. The molecule has 2 aromatic heterocycles. The molecule has 3 rings (SSSR count). The lowest BCUT2D eigenvalue weighted by Crippen LogP contribution is -2.33. The van der Waals surface area contributed by atoms with E-state index in [0.29, 0.717) is 11.7 Å². The lowest BCUT2D eigenvalue weighted by molar-refractivity contribution is 0.0989. The smallest absolute Gasteiger partial charge is 0.265 e. The molecule has 0 saturated carbocycles. The van der Waals surface area contributed by atoms with Crippen molar-refractivity contribution in [2.45, 2.75) is 51.0 Å². The average molecular weight is 307 g/mol. The third-order valence-electron chi connectivity index (χ3n) is 4.42. The molecule has 108 valence electrons. The van der Waals surface area contributed by atoms with Gasteiger partial charge in [0.1, 0.15) is 16.0 Å². The van der Waals surface area contributed by atoms with Gasteiger partial charge in [0.25, 0.3) is 5.91 Å². The molecule has 0 bridgehead atoms. The second kappa shape index (κ2) is 4.70. The SMILES string of the molecule is Cc1nc2cc(C(N)=O)n(C3CC[Si](C)(C)CC3)c2s1. The maximum atomic E-state index is 11.7. The van der Waals surface area contributed by atoms with Crippen molar-refractivity contribution in [2.75, 3.05) is 0 Å². The fraction of sp³-hybridized carbons (Fsp3) is 0.571. The Morgan fingerprint density at radius 2 is 2.10 bits per heavy atom. The van der Waals surface area contributed by atoms with Crippen molar-refractivity contribution in [1.29, 1.82) is 0 Å². The first-order valence-electron chi connectivity index (χ1n) is 7.15. The molecule has 1 aliphatic heterocycles. The normalized spacial score (nSPS) is 19.6. The van der Waals surface area contributed by atoms with E-state index in [9.17, 15) is 4.79 Å². The van der Waals surface area contributed by atoms with Crippen LogP contribution in [0.5, 0.6) is 0 Å². The molecule has 0 unspecified atom stereocenters. The van der Waals surface area contributed by atoms with Gasteiger partial charge < -0.3 is 10.3 Å². The van der Waals surface area contributed by atoms with Gasteiger partial charge in [0.2, 0.25) is 0 Å². The molecule has 0 spiro atoms. The summed E-state index contributed by atoms with van der Waals surface area (Å²) in [6, 6.07) is 4.93. The largest absolute Gasteiger partial charge is 0.364 e. The fourth-order valence-electron chi connectivity index (χ4n) is 3.20. The van der Waals surface area contributed by atoms with Gasteiger partial charge in [-0.2, -0.15) is 0 Å². The Kier molecular flexibility index (Phi) is 3.25. The van der Waals surface area contributed by atoms with Crippen molar-refractivity contribution in [1.82, 2.24) is 9.55 Å². The summed E-state index contributed by atoms with van der Waals surface area (Å²) in [4.78, 5) is 17.3. The first-order chi connectivity index (χ1) is 9.37. The summed E-state index contributed by atoms with van der Waals surface area (Å²) in [7, 11) is -0.993. The van der Waals surface area contributed by atoms with Crippen LogP contribution in [-0.4, -0.2) is 23.5 Å². The molecule has 3 heterocycles. The number of nitrogens with zero attached hydrogens (tertiary/aromatic N) is 2. The van der Waals surface area contributed by atoms with E-state index in [-0.39, 0.29) is 5.91 Å². The number of hydrogen-bond donors (Lipinski definition) is 1. The highest BCUT2D eigenvalue weighted by atomic mass is 32.1. The van der Waals surface area contributed by atoms with E-state index in [1.807, 2.05) is 13.0 Å². The lowest BCUT2D eigenvalue weighted by atomic mass is 10.1. The van der Waals surface area contributed by atoms with Crippen molar-refractivity contribution >= 4 is 35.7 Å². The number of amides is 1. The highest BCUT2D eigenvalue weighted by Crippen LogP contribution is 2.39. The Labute approximate surface area is 124 Å². The van der Waals surface area contributed by atoms with Gasteiger partial charge in [-0.15, -0.1) is 11.3 Å². The van der Waals surface area contributed by atoms with Crippen LogP contribution in [0.3, 0.4) is 0 Å². The van der Waals surface area contributed by atoms with Crippen LogP contribution in [-0.2, 0) is 0 Å². The Morgan fingerprint density at radius 3 is 2.70 bits per heavy atom. The quantitative estimate of drug-likeness (QED) is 0.862. The predicted octanol–water partition coefficient (Wildman–Crippen LogP) is 3.55. The summed E-state index contributed by atoms with van der Waals surface area (Å²) in [6.45, 7) is 6.93. The number of fused-ring (bicyclic) bond motifs is 1. The van der Waals surface area contributed by atoms with Crippen LogP contribution in [0.1, 0.15) is 34.4 Å². The number of primary amides is 1. The van der Waals surface area contributed by atoms with Crippen molar-refractivity contribution < 1.29 is 4.79 Å². The zero-order valence-electron chi connectivity index (χ0n) is 12.3. The molecule has 1 amide bonds. The summed E-state index contributed by atoms with van der Waals surface area (Å²) >= 11 is 1.67. The molecule has 2 N–H and O–H groups in total. The zero-order valence-corrected chi connectivity index (χ0v) is 14.1. The predicted molar refractivity (Wildman–Crippen MR) is 86.2 cm³/mol. The van der Waals surface area contributed by atoms with Gasteiger partial charge in [-0.1, -0.05) is 25.2 Å². The number of nitrogens with two attached hydrogens (primary N) is 1. The van der Waals surface area contributed by atoms with Gasteiger partial charge >= 0.3 is 0 Å². The van der Waals surface area contributed by atoms with Gasteiger partial charge in [0, 0.05) is 14.1 Å². The van der Waals surface area contributed by atoms with E-state index in [0.717, 1.165) is 15.4 Å². The van der Waals surface area contributed by atoms with Crippen LogP contribution >= 0.6 is 11.3 Å². The van der Waals surface area contributed by atoms with Crippen molar-refractivity contribution in [2.24, 2.45) is 5.73 Å². The average Bonchev–Trinajstić information content (AvgIpc) is 2.85. The Hall–Kier alpha value is -1.14. The maximum absolute atomic E-state index is 11.7. The number of carbonyl (C=O) groups is 1. The zero-order chi connectivity index (χ0) is 14.5. The molecule has 2 aromatic rings. The standard InChI is InChI=1S/C14H21N3OSSi/c1-9-16-11-8-12(13(15)18)17(14(11)19-9)10-4-6-20(2,3)7-5-10/h8,10H,4-7H2,1-3H3,(H2,15,18). The van der Waals surface area contributed by atoms with Crippen LogP contribution in [0.2, 0.25) is 25.2 Å². The lowest BCUT2D eigenvalue weighted by Gasteiger charge is -2.34. The summed E-state index contributed by atoms with van der Waals surface area (Å²) in [6.07, 6.45) is 2.33. The number of aryl methyl sites for hydroxylation is 1. The molecule has 1 fully saturated rings. The third-order valence-corrected chi connectivity index (χ3v) is 8.69. The molecular weight excluding hydrogens is 286 g/mol. The number of thiazole rings is 1. The number of hydrogen-bond acceptors (Lipinski definition) is 3. The van der Waals surface area contributed by atoms with Crippen molar-refractivity contribution in [3.63, 3.8) is 0 Å². The van der Waals surface area contributed by atoms with E-state index in [2.05, 4.69) is 22.6 Å². The van der Waals surface area contributed by atoms with E-state index < -0.39 is 8.07 Å². The van der Waals surface area contributed by atoms with Crippen LogP contribution < -0.4 is 5.73 Å². The first kappa shape index (κ1) is 13.8. The summed E-state index contributed by atoms with van der Waals surface area (Å²) in [5.74, 6) is -0.338. The molecule has 20 heavy (non-hydrogen) atoms. The molecule has 1 saturated heterocycles. The van der Waals surface area contributed by atoms with E-state index >= 15 is 0 Å². The molecule has 0 aliphatic carbocycles. The molecule has 1 aliphatic rings. The summed E-state index contributed by atoms with van der Waals surface area (Å²) in [5.41, 5.74) is 7.11. The second-order valence-electron chi connectivity index (χ2n) is 6.58. The minimum Gasteiger partial charge on any atom is -0.364 e. The van der Waals surface area contributed by atoms with Gasteiger partial charge in [-0.25, -0.2) is 4.98 Å². The first-order valence-corrected chi connectivity index (χ1v) is 11.4. The topological polar surface area (TPSA) is 60.9 Å². The number of rotatable bonds is 2. The highest BCUT2D eigenvalue weighted by Gasteiger charge is 2.32. The molecule has 6 heteroatoms. The molecule has 4 nitrogen and oxygen atoms in total. The van der Waals surface area contributed by atoms with E-state index in [1.165, 1.54) is 24.9 Å². The molecule has 0 atom stereocenters. The summed E-state index contributed by atoms with van der Waals surface area (Å²) in [5, 5.41) is 1.05. The van der Waals surface area contributed by atoms with Crippen LogP contribution in [0.4, 0.5) is 0 Å². The van der Waals surface area contributed by atoms with E-state index in [1.54, 1.807) is 11.3 Å². The van der Waals surface area contributed by atoms with Crippen molar-refractivity contribution in [3.8, 4) is 0 Å². The molecule has 0 radical (unpaired) electrons. The van der Waals surface area contributed by atoms with Crippen molar-refractivity contribution in [3.05, 3.63) is 16.8 Å². The third kappa shape index (κ3) is 2.31. The second-order valence-corrected chi connectivity index (χ2v) is 13.1. The van der Waals surface area contributed by atoms with Gasteiger partial charge in [-0.3, -0.25) is 4.79 Å². The van der Waals surface area contributed by atoms with Gasteiger partial charge in [0.05, 0.1) is 5.01 Å². The monoisotopic (exact) mass is 307 g/mol. The number of aromatic nitrogens is 2. The van der Waals surface area contributed by atoms with Crippen LogP contribution in [0.25, 0.3) is 10.3 Å².